The lowest BCUT2D eigenvalue weighted by Gasteiger charge is -2.22. The number of carbonyl (C=O) groups is 2. The lowest BCUT2D eigenvalue weighted by molar-refractivity contribution is -0.146. The van der Waals surface area contributed by atoms with Crippen molar-refractivity contribution in [3.8, 4) is 5.75 Å². The van der Waals surface area contributed by atoms with Crippen LogP contribution in [0, 0.1) is 19.8 Å². The molecule has 6 nitrogen and oxygen atoms in total. The van der Waals surface area contributed by atoms with Gasteiger partial charge in [-0.05, 0) is 79.7 Å². The lowest BCUT2D eigenvalue weighted by atomic mass is 9.93. The lowest BCUT2D eigenvalue weighted by Crippen LogP contribution is -2.46. The van der Waals surface area contributed by atoms with E-state index in [1.807, 2.05) is 34.4 Å². The number of aryl methyl sites for hydroxylation is 2. The molecule has 180 valence electrons. The number of benzene rings is 2. The maximum Gasteiger partial charge on any atom is 0.328 e. The molecule has 3 N–H and O–H groups in total. The number of aromatic hydroxyl groups is 1. The van der Waals surface area contributed by atoms with E-state index in [4.69, 9.17) is 4.74 Å². The number of carbonyl (C=O) groups excluding carboxylic acids is 2. The highest BCUT2D eigenvalue weighted by atomic mass is 31.1. The zero-order valence-electron chi connectivity index (χ0n) is 20.4. The van der Waals surface area contributed by atoms with Gasteiger partial charge in [-0.25, -0.2) is 4.79 Å². The van der Waals surface area contributed by atoms with Crippen LogP contribution in [-0.4, -0.2) is 41.2 Å². The van der Waals surface area contributed by atoms with Crippen LogP contribution in [-0.2, 0) is 22.1 Å². The fourth-order valence-corrected chi connectivity index (χ4v) is 4.63. The van der Waals surface area contributed by atoms with Gasteiger partial charge in [-0.3, -0.25) is 4.79 Å². The minimum Gasteiger partial charge on any atom is -0.507 e. The zero-order chi connectivity index (χ0) is 24.7. The van der Waals surface area contributed by atoms with Crippen molar-refractivity contribution >= 4 is 20.0 Å². The Hall–Kier alpha value is -2.43. The first-order chi connectivity index (χ1) is 15.6. The van der Waals surface area contributed by atoms with Gasteiger partial charge in [-0.15, -0.1) is 0 Å². The van der Waals surface area contributed by atoms with E-state index in [2.05, 4.69) is 17.4 Å². The van der Waals surface area contributed by atoms with Gasteiger partial charge < -0.3 is 20.1 Å². The Morgan fingerprint density at radius 3 is 2.27 bits per heavy atom. The Bertz CT molecular complexity index is 966. The summed E-state index contributed by atoms with van der Waals surface area (Å²) >= 11 is 0. The monoisotopic (exact) mass is 473 g/mol. The van der Waals surface area contributed by atoms with Crippen molar-refractivity contribution in [2.45, 2.75) is 59.7 Å². The molecule has 0 aliphatic rings. The molecule has 7 heteroatoms. The minimum absolute atomic E-state index is 0.106. The molecule has 0 aliphatic carbocycles. The van der Waals surface area contributed by atoms with E-state index in [1.54, 1.807) is 19.1 Å². The summed E-state index contributed by atoms with van der Waals surface area (Å²) in [6.45, 7) is 11.7. The Kier molecular flexibility index (Phi) is 9.87. The van der Waals surface area contributed by atoms with Gasteiger partial charge in [-0.1, -0.05) is 38.5 Å². The molecule has 2 aromatic rings. The third-order valence-corrected chi connectivity index (χ3v) is 6.72. The summed E-state index contributed by atoms with van der Waals surface area (Å²) in [5.41, 5.74) is 5.53. The van der Waals surface area contributed by atoms with Crippen LogP contribution < -0.4 is 5.32 Å². The molecule has 2 rings (SSSR count). The number of ether oxygens (including phenoxy) is 1. The van der Waals surface area contributed by atoms with Crippen LogP contribution in [0.25, 0.3) is 0 Å². The normalized spacial score (nSPS) is 13.8. The quantitative estimate of drug-likeness (QED) is 0.339. The number of amides is 1. The first kappa shape index (κ1) is 26.8. The number of rotatable bonds is 10. The number of phenols is 1. The molecular formula is C26H36NO5P. The molecule has 0 spiro atoms. The molecule has 33 heavy (non-hydrogen) atoms. The third kappa shape index (κ3) is 7.28. The van der Waals surface area contributed by atoms with Crippen LogP contribution in [0.5, 0.6) is 5.75 Å². The molecule has 0 saturated carbocycles. The van der Waals surface area contributed by atoms with E-state index in [0.29, 0.717) is 19.0 Å². The molecular weight excluding hydrogens is 437 g/mol. The predicted octanol–water partition coefficient (Wildman–Crippen LogP) is 4.83. The Morgan fingerprint density at radius 1 is 1.09 bits per heavy atom. The second-order valence-electron chi connectivity index (χ2n) is 8.64. The summed E-state index contributed by atoms with van der Waals surface area (Å²) in [7, 11) is -1.00. The summed E-state index contributed by atoms with van der Waals surface area (Å²) in [6.07, 6.45) is 1.96. The Balaban J connectivity index is 2.29. The standard InChI is InChI=1S/C26H36NO5P/c1-7-16(3)24(26(30)32-8-2)27-25(29)22-14-19(9-10-23(22)28)13-21-17(4)11-20(12-18(21)5)15-33(6)31/h9-12,14,16,24,28,31H,7-8,13,15H2,1-6H3,(H,27,29)/t16-,24?,33?/m0/s1. The van der Waals surface area contributed by atoms with Gasteiger partial charge in [0, 0.05) is 14.3 Å². The van der Waals surface area contributed by atoms with E-state index in [0.717, 1.165) is 27.8 Å². The molecule has 2 aromatic carbocycles. The zero-order valence-corrected chi connectivity index (χ0v) is 21.3. The molecule has 0 radical (unpaired) electrons. The topological polar surface area (TPSA) is 95.9 Å². The van der Waals surface area contributed by atoms with Crippen LogP contribution in [0.2, 0.25) is 0 Å². The van der Waals surface area contributed by atoms with Gasteiger partial charge in [0.25, 0.3) is 5.91 Å². The molecule has 1 amide bonds. The maximum atomic E-state index is 13.0. The fourth-order valence-electron chi connectivity index (χ4n) is 3.92. The molecule has 0 aromatic heterocycles. The number of hydrogen-bond donors (Lipinski definition) is 3. The van der Waals surface area contributed by atoms with Crippen LogP contribution >= 0.6 is 8.15 Å². The molecule has 0 saturated heterocycles. The van der Waals surface area contributed by atoms with Gasteiger partial charge in [0.1, 0.15) is 11.8 Å². The van der Waals surface area contributed by atoms with Gasteiger partial charge in [0.2, 0.25) is 0 Å². The molecule has 0 fully saturated rings. The van der Waals surface area contributed by atoms with Crippen molar-refractivity contribution in [2.24, 2.45) is 5.92 Å². The summed E-state index contributed by atoms with van der Waals surface area (Å²) in [6, 6.07) is 8.41. The van der Waals surface area contributed by atoms with Crippen LogP contribution in [0.4, 0.5) is 0 Å². The number of esters is 1. The van der Waals surface area contributed by atoms with Crippen molar-refractivity contribution in [1.29, 1.82) is 0 Å². The highest BCUT2D eigenvalue weighted by Gasteiger charge is 2.28. The van der Waals surface area contributed by atoms with Crippen molar-refractivity contribution in [2.75, 3.05) is 13.3 Å². The van der Waals surface area contributed by atoms with Crippen molar-refractivity contribution in [3.63, 3.8) is 0 Å². The minimum atomic E-state index is -1.00. The van der Waals surface area contributed by atoms with Gasteiger partial charge in [-0.2, -0.15) is 0 Å². The average Bonchev–Trinajstić information content (AvgIpc) is 2.74. The Labute approximate surface area is 198 Å². The van der Waals surface area contributed by atoms with E-state index in [-0.39, 0.29) is 23.8 Å². The van der Waals surface area contributed by atoms with Crippen molar-refractivity contribution in [1.82, 2.24) is 5.32 Å². The van der Waals surface area contributed by atoms with Gasteiger partial charge in [0.05, 0.1) is 12.2 Å². The second-order valence-corrected chi connectivity index (χ2v) is 10.3. The van der Waals surface area contributed by atoms with Gasteiger partial charge >= 0.3 is 5.97 Å². The summed E-state index contributed by atoms with van der Waals surface area (Å²) in [5.74, 6) is -1.21. The van der Waals surface area contributed by atoms with Crippen molar-refractivity contribution in [3.05, 3.63) is 63.7 Å². The second kappa shape index (κ2) is 12.2. The molecule has 0 bridgehead atoms. The number of phenolic OH excluding ortho intramolecular Hbond substituents is 1. The summed E-state index contributed by atoms with van der Waals surface area (Å²) in [4.78, 5) is 35.1. The molecule has 0 heterocycles. The van der Waals surface area contributed by atoms with E-state index in [1.165, 1.54) is 6.07 Å². The number of hydrogen-bond acceptors (Lipinski definition) is 5. The summed E-state index contributed by atoms with van der Waals surface area (Å²) in [5, 5.41) is 13.1. The van der Waals surface area contributed by atoms with E-state index < -0.39 is 26.1 Å². The maximum absolute atomic E-state index is 13.0. The van der Waals surface area contributed by atoms with Crippen LogP contribution in [0.15, 0.2) is 30.3 Å². The molecule has 2 unspecified atom stereocenters. The summed E-state index contributed by atoms with van der Waals surface area (Å²) < 4.78 is 5.13. The third-order valence-electron chi connectivity index (χ3n) is 5.89. The van der Waals surface area contributed by atoms with Gasteiger partial charge in [0.15, 0.2) is 0 Å². The van der Waals surface area contributed by atoms with E-state index >= 15 is 0 Å². The highest BCUT2D eigenvalue weighted by molar-refractivity contribution is 7.49. The highest BCUT2D eigenvalue weighted by Crippen LogP contribution is 2.32. The SMILES string of the molecule is CCOC(=O)C(NC(=O)c1cc(Cc2c(C)cc(CP(C)O)cc2C)ccc1O)[C@@H](C)CC. The van der Waals surface area contributed by atoms with Crippen molar-refractivity contribution < 1.29 is 24.3 Å². The van der Waals surface area contributed by atoms with Crippen LogP contribution in [0.3, 0.4) is 0 Å². The average molecular weight is 474 g/mol. The first-order valence-corrected chi connectivity index (χ1v) is 13.3. The fraction of sp³-hybridized carbons (Fsp3) is 0.462. The predicted molar refractivity (Wildman–Crippen MR) is 133 cm³/mol. The number of nitrogens with one attached hydrogen (secondary N) is 1. The molecule has 3 atom stereocenters. The van der Waals surface area contributed by atoms with E-state index in [9.17, 15) is 19.6 Å². The first-order valence-electron chi connectivity index (χ1n) is 11.4. The largest absolute Gasteiger partial charge is 0.507 e. The van der Waals surface area contributed by atoms with Crippen LogP contribution in [0.1, 0.15) is 65.4 Å². The molecule has 0 aliphatic heterocycles. The Morgan fingerprint density at radius 2 is 1.73 bits per heavy atom. The smallest absolute Gasteiger partial charge is 0.328 e.